The van der Waals surface area contributed by atoms with Gasteiger partial charge >= 0.3 is 0 Å². The van der Waals surface area contributed by atoms with Gasteiger partial charge in [0.05, 0.1) is 10.6 Å². The van der Waals surface area contributed by atoms with Crippen molar-refractivity contribution in [3.63, 3.8) is 0 Å². The lowest BCUT2D eigenvalue weighted by Gasteiger charge is -2.34. The van der Waals surface area contributed by atoms with Crippen molar-refractivity contribution in [1.82, 2.24) is 10.2 Å². The van der Waals surface area contributed by atoms with Crippen LogP contribution < -0.4 is 9.62 Å². The molecule has 0 radical (unpaired) electrons. The summed E-state index contributed by atoms with van der Waals surface area (Å²) in [6.45, 7) is 3.49. The van der Waals surface area contributed by atoms with E-state index in [1.807, 2.05) is 68.4 Å². The number of para-hydroxylation sites is 1. The van der Waals surface area contributed by atoms with Crippen LogP contribution in [0.25, 0.3) is 0 Å². The first-order valence-electron chi connectivity index (χ1n) is 13.4. The second-order valence-corrected chi connectivity index (χ2v) is 11.8. The fourth-order valence-corrected chi connectivity index (χ4v) is 6.07. The Bertz CT molecular complexity index is 1570. The maximum atomic E-state index is 14.3. The number of sulfonamides is 1. The number of carbonyl (C=O) groups excluding carboxylic acids is 2. The number of anilines is 1. The van der Waals surface area contributed by atoms with E-state index < -0.39 is 28.5 Å². The molecule has 0 spiro atoms. The number of aryl methyl sites for hydroxylation is 2. The minimum atomic E-state index is -4.11. The van der Waals surface area contributed by atoms with Gasteiger partial charge in [0.15, 0.2) is 0 Å². The molecular formula is C33H35N3O4S. The van der Waals surface area contributed by atoms with Crippen molar-refractivity contribution in [3.8, 4) is 0 Å². The zero-order chi connectivity index (χ0) is 29.4. The van der Waals surface area contributed by atoms with Crippen LogP contribution in [0.5, 0.6) is 0 Å². The fraction of sp³-hybridized carbons (Fsp3) is 0.212. The van der Waals surface area contributed by atoms with Gasteiger partial charge < -0.3 is 10.2 Å². The highest BCUT2D eigenvalue weighted by molar-refractivity contribution is 7.92. The summed E-state index contributed by atoms with van der Waals surface area (Å²) in [5.41, 5.74) is 4.00. The number of nitrogens with one attached hydrogen (secondary N) is 1. The molecular weight excluding hydrogens is 534 g/mol. The lowest BCUT2D eigenvalue weighted by molar-refractivity contribution is -0.139. The van der Waals surface area contributed by atoms with Gasteiger partial charge in [0.2, 0.25) is 11.8 Å². The van der Waals surface area contributed by atoms with E-state index in [0.29, 0.717) is 5.69 Å². The SMILES string of the molecule is CNC(=O)C(Cc1ccccc1)N(Cc1ccccc1C)C(=O)CN(c1ccccc1)S(=O)(=O)c1ccc(C)cc1. The van der Waals surface area contributed by atoms with Crippen LogP contribution in [-0.2, 0) is 32.6 Å². The second-order valence-electron chi connectivity index (χ2n) is 9.93. The maximum absolute atomic E-state index is 14.3. The van der Waals surface area contributed by atoms with Crippen LogP contribution in [0, 0.1) is 13.8 Å². The van der Waals surface area contributed by atoms with Crippen LogP contribution in [0.4, 0.5) is 5.69 Å². The number of rotatable bonds is 11. The summed E-state index contributed by atoms with van der Waals surface area (Å²) in [4.78, 5) is 29.1. The maximum Gasteiger partial charge on any atom is 0.264 e. The Balaban J connectivity index is 1.78. The standard InChI is InChI=1S/C33H35N3O4S/c1-25-18-20-30(21-19-25)41(39,40)36(29-16-8-5-9-17-29)24-32(37)35(23-28-15-11-10-12-26(28)2)31(33(38)34-3)22-27-13-6-4-7-14-27/h4-21,31H,22-24H2,1-3H3,(H,34,38). The summed E-state index contributed by atoms with van der Waals surface area (Å²) in [7, 11) is -2.57. The Morgan fingerprint density at radius 2 is 1.37 bits per heavy atom. The Kier molecular flexibility index (Phi) is 9.57. The summed E-state index contributed by atoms with van der Waals surface area (Å²) in [5, 5.41) is 2.70. The molecule has 0 heterocycles. The van der Waals surface area contributed by atoms with Crippen molar-refractivity contribution >= 4 is 27.5 Å². The molecule has 0 aromatic heterocycles. The number of benzene rings is 4. The van der Waals surface area contributed by atoms with E-state index in [1.165, 1.54) is 11.9 Å². The van der Waals surface area contributed by atoms with Gasteiger partial charge in [0, 0.05) is 20.0 Å². The van der Waals surface area contributed by atoms with Crippen LogP contribution in [-0.4, -0.2) is 44.8 Å². The largest absolute Gasteiger partial charge is 0.357 e. The molecule has 2 amide bonds. The van der Waals surface area contributed by atoms with Crippen molar-refractivity contribution in [2.24, 2.45) is 0 Å². The monoisotopic (exact) mass is 569 g/mol. The van der Waals surface area contributed by atoms with Gasteiger partial charge in [-0.15, -0.1) is 0 Å². The number of carbonyl (C=O) groups is 2. The number of hydrogen-bond donors (Lipinski definition) is 1. The van der Waals surface area contributed by atoms with Crippen LogP contribution in [0.1, 0.15) is 22.3 Å². The minimum Gasteiger partial charge on any atom is -0.357 e. The quantitative estimate of drug-likeness (QED) is 0.279. The average Bonchev–Trinajstić information content (AvgIpc) is 2.99. The van der Waals surface area contributed by atoms with Crippen LogP contribution >= 0.6 is 0 Å². The molecule has 4 aromatic carbocycles. The molecule has 1 atom stereocenters. The van der Waals surface area contributed by atoms with Gasteiger partial charge in [-0.05, 0) is 54.8 Å². The highest BCUT2D eigenvalue weighted by Crippen LogP contribution is 2.25. The molecule has 0 aliphatic heterocycles. The first-order chi connectivity index (χ1) is 19.7. The number of hydrogen-bond acceptors (Lipinski definition) is 4. The first kappa shape index (κ1) is 29.6. The molecule has 1 unspecified atom stereocenters. The van der Waals surface area contributed by atoms with Gasteiger partial charge in [-0.25, -0.2) is 8.42 Å². The second kappa shape index (κ2) is 13.3. The molecule has 8 heteroatoms. The van der Waals surface area contributed by atoms with Crippen molar-refractivity contribution in [2.45, 2.75) is 37.8 Å². The van der Waals surface area contributed by atoms with Crippen molar-refractivity contribution < 1.29 is 18.0 Å². The van der Waals surface area contributed by atoms with Gasteiger partial charge in [0.1, 0.15) is 12.6 Å². The predicted octanol–water partition coefficient (Wildman–Crippen LogP) is 4.88. The zero-order valence-electron chi connectivity index (χ0n) is 23.5. The molecule has 212 valence electrons. The molecule has 41 heavy (non-hydrogen) atoms. The lowest BCUT2D eigenvalue weighted by Crippen LogP contribution is -2.53. The minimum absolute atomic E-state index is 0.0809. The van der Waals surface area contributed by atoms with E-state index in [4.69, 9.17) is 0 Å². The number of nitrogens with zero attached hydrogens (tertiary/aromatic N) is 2. The lowest BCUT2D eigenvalue weighted by atomic mass is 10.0. The van der Waals surface area contributed by atoms with E-state index in [9.17, 15) is 18.0 Å². The molecule has 4 rings (SSSR count). The van der Waals surface area contributed by atoms with E-state index in [-0.39, 0.29) is 23.8 Å². The summed E-state index contributed by atoms with van der Waals surface area (Å²) < 4.78 is 29.0. The first-order valence-corrected chi connectivity index (χ1v) is 14.9. The predicted molar refractivity (Wildman–Crippen MR) is 162 cm³/mol. The fourth-order valence-electron chi connectivity index (χ4n) is 4.65. The van der Waals surface area contributed by atoms with E-state index in [1.54, 1.807) is 54.6 Å². The topological polar surface area (TPSA) is 86.8 Å². The Labute approximate surface area is 242 Å². The van der Waals surface area contributed by atoms with Crippen molar-refractivity contribution in [3.05, 3.63) is 131 Å². The van der Waals surface area contributed by atoms with Crippen molar-refractivity contribution in [2.75, 3.05) is 17.9 Å². The van der Waals surface area contributed by atoms with E-state index in [2.05, 4.69) is 5.32 Å². The van der Waals surface area contributed by atoms with Gasteiger partial charge in [-0.2, -0.15) is 0 Å². The third kappa shape index (κ3) is 7.21. The van der Waals surface area contributed by atoms with Gasteiger partial charge in [-0.1, -0.05) is 90.5 Å². The van der Waals surface area contributed by atoms with E-state index >= 15 is 0 Å². The van der Waals surface area contributed by atoms with Crippen LogP contribution in [0.15, 0.2) is 114 Å². The molecule has 0 aliphatic carbocycles. The zero-order valence-corrected chi connectivity index (χ0v) is 24.3. The molecule has 1 N–H and O–H groups in total. The molecule has 0 bridgehead atoms. The third-order valence-corrected chi connectivity index (χ3v) is 8.84. The number of likely N-dealkylation sites (N-methyl/N-ethyl adjacent to an activating group) is 1. The summed E-state index contributed by atoms with van der Waals surface area (Å²) >= 11 is 0. The summed E-state index contributed by atoms with van der Waals surface area (Å²) in [6.07, 6.45) is 0.272. The van der Waals surface area contributed by atoms with Crippen LogP contribution in [0.2, 0.25) is 0 Å². The highest BCUT2D eigenvalue weighted by atomic mass is 32.2. The Morgan fingerprint density at radius 3 is 1.98 bits per heavy atom. The smallest absolute Gasteiger partial charge is 0.264 e. The average molecular weight is 570 g/mol. The van der Waals surface area contributed by atoms with Gasteiger partial charge in [-0.3, -0.25) is 13.9 Å². The molecule has 0 saturated carbocycles. The normalized spacial score (nSPS) is 11.9. The van der Waals surface area contributed by atoms with Crippen molar-refractivity contribution in [1.29, 1.82) is 0 Å². The van der Waals surface area contributed by atoms with Crippen LogP contribution in [0.3, 0.4) is 0 Å². The molecule has 0 aliphatic rings. The molecule has 0 saturated heterocycles. The molecule has 4 aromatic rings. The summed E-state index contributed by atoms with van der Waals surface area (Å²) in [5.74, 6) is -0.819. The molecule has 0 fully saturated rings. The third-order valence-electron chi connectivity index (χ3n) is 7.05. The highest BCUT2D eigenvalue weighted by Gasteiger charge is 2.34. The Morgan fingerprint density at radius 1 is 0.780 bits per heavy atom. The molecule has 7 nitrogen and oxygen atoms in total. The van der Waals surface area contributed by atoms with E-state index in [0.717, 1.165) is 26.6 Å². The Hall–Kier alpha value is -4.43. The summed E-state index contributed by atoms with van der Waals surface area (Å²) in [6, 6.07) is 31.4. The van der Waals surface area contributed by atoms with Gasteiger partial charge in [0.25, 0.3) is 10.0 Å². The number of amides is 2.